The zero-order valence-electron chi connectivity index (χ0n) is 13.5. The van der Waals surface area contributed by atoms with Crippen LogP contribution in [0.1, 0.15) is 20.8 Å². The van der Waals surface area contributed by atoms with Crippen LogP contribution in [0.2, 0.25) is 0 Å². The molecule has 118 valence electrons. The fourth-order valence-corrected chi connectivity index (χ4v) is 2.14. The molecular weight excluding hydrogens is 266 g/mol. The van der Waals surface area contributed by atoms with E-state index in [1.54, 1.807) is 7.11 Å². The number of carbonyl (C=O) groups is 1. The molecule has 0 aliphatic heterocycles. The Labute approximate surface area is 127 Å². The highest BCUT2D eigenvalue weighted by atomic mass is 16.5. The van der Waals surface area contributed by atoms with Gasteiger partial charge in [0.2, 0.25) is 5.91 Å². The number of benzene rings is 1. The second-order valence-electron chi connectivity index (χ2n) is 5.02. The van der Waals surface area contributed by atoms with Crippen LogP contribution in [-0.4, -0.2) is 50.1 Å². The summed E-state index contributed by atoms with van der Waals surface area (Å²) in [7, 11) is 1.59. The number of para-hydroxylation sites is 2. The van der Waals surface area contributed by atoms with Gasteiger partial charge in [0.15, 0.2) is 0 Å². The Morgan fingerprint density at radius 2 is 1.95 bits per heavy atom. The number of nitrogens with one attached hydrogen (secondary N) is 2. The quantitative estimate of drug-likeness (QED) is 0.731. The van der Waals surface area contributed by atoms with Crippen LogP contribution in [0.4, 0.5) is 5.69 Å². The average molecular weight is 293 g/mol. The number of likely N-dealkylation sites (N-methyl/N-ethyl adjacent to an activating group) is 1. The Morgan fingerprint density at radius 1 is 1.29 bits per heavy atom. The van der Waals surface area contributed by atoms with Crippen molar-refractivity contribution in [2.24, 2.45) is 0 Å². The Bertz CT molecular complexity index is 433. The summed E-state index contributed by atoms with van der Waals surface area (Å²) in [5.74, 6) is 0.605. The number of carbonyl (C=O) groups excluding carboxylic acids is 1. The number of nitrogens with zero attached hydrogens (tertiary/aromatic N) is 1. The minimum absolute atomic E-state index is 0.0640. The number of rotatable bonds is 9. The van der Waals surface area contributed by atoms with E-state index in [2.05, 4.69) is 36.3 Å². The number of hydrogen-bond acceptors (Lipinski definition) is 4. The molecule has 0 aliphatic rings. The highest BCUT2D eigenvalue weighted by Crippen LogP contribution is 2.22. The maximum absolute atomic E-state index is 12.0. The lowest BCUT2D eigenvalue weighted by Crippen LogP contribution is -2.42. The van der Waals surface area contributed by atoms with Crippen LogP contribution >= 0.6 is 0 Å². The summed E-state index contributed by atoms with van der Waals surface area (Å²) >= 11 is 0. The molecule has 1 aromatic carbocycles. The summed E-state index contributed by atoms with van der Waals surface area (Å²) in [4.78, 5) is 14.3. The molecule has 0 spiro atoms. The Kier molecular flexibility index (Phi) is 7.79. The van der Waals surface area contributed by atoms with Gasteiger partial charge >= 0.3 is 0 Å². The van der Waals surface area contributed by atoms with Crippen molar-refractivity contribution in [2.45, 2.75) is 26.8 Å². The van der Waals surface area contributed by atoms with Gasteiger partial charge in [-0.25, -0.2) is 0 Å². The summed E-state index contributed by atoms with van der Waals surface area (Å²) in [5.41, 5.74) is 0.697. The van der Waals surface area contributed by atoms with E-state index in [0.717, 1.165) is 19.6 Å². The highest BCUT2D eigenvalue weighted by molar-refractivity contribution is 5.93. The summed E-state index contributed by atoms with van der Waals surface area (Å²) < 4.78 is 5.21. The molecule has 1 rings (SSSR count). The molecule has 0 aromatic heterocycles. The lowest BCUT2D eigenvalue weighted by atomic mass is 10.2. The molecule has 0 saturated heterocycles. The van der Waals surface area contributed by atoms with Crippen LogP contribution < -0.4 is 15.4 Å². The van der Waals surface area contributed by atoms with E-state index in [1.807, 2.05) is 24.3 Å². The predicted molar refractivity (Wildman–Crippen MR) is 86.9 cm³/mol. The number of anilines is 1. The van der Waals surface area contributed by atoms with Gasteiger partial charge in [-0.05, 0) is 32.1 Å². The van der Waals surface area contributed by atoms with Crippen LogP contribution in [0.25, 0.3) is 0 Å². The SMILES string of the molecule is CCN(CC)CC(C)NCC(=O)Nc1ccccc1OC. The van der Waals surface area contributed by atoms with E-state index < -0.39 is 0 Å². The van der Waals surface area contributed by atoms with Gasteiger partial charge in [-0.2, -0.15) is 0 Å². The second-order valence-corrected chi connectivity index (χ2v) is 5.02. The van der Waals surface area contributed by atoms with Crippen molar-refractivity contribution in [3.63, 3.8) is 0 Å². The number of amides is 1. The summed E-state index contributed by atoms with van der Waals surface area (Å²) in [5, 5.41) is 6.10. The Balaban J connectivity index is 2.40. The van der Waals surface area contributed by atoms with Gasteiger partial charge < -0.3 is 20.3 Å². The molecule has 1 aromatic rings. The van der Waals surface area contributed by atoms with E-state index in [9.17, 15) is 4.79 Å². The molecule has 5 nitrogen and oxygen atoms in total. The van der Waals surface area contributed by atoms with E-state index in [-0.39, 0.29) is 11.9 Å². The molecule has 1 atom stereocenters. The van der Waals surface area contributed by atoms with Crippen LogP contribution in [-0.2, 0) is 4.79 Å². The van der Waals surface area contributed by atoms with Gasteiger partial charge in [0.1, 0.15) is 5.75 Å². The van der Waals surface area contributed by atoms with Crippen molar-refractivity contribution in [2.75, 3.05) is 38.6 Å². The van der Waals surface area contributed by atoms with Gasteiger partial charge in [0.25, 0.3) is 0 Å². The molecule has 0 heterocycles. The lowest BCUT2D eigenvalue weighted by molar-refractivity contribution is -0.115. The smallest absolute Gasteiger partial charge is 0.238 e. The van der Waals surface area contributed by atoms with Crippen molar-refractivity contribution in [1.82, 2.24) is 10.2 Å². The van der Waals surface area contributed by atoms with Crippen molar-refractivity contribution in [1.29, 1.82) is 0 Å². The minimum Gasteiger partial charge on any atom is -0.495 e. The number of ether oxygens (including phenoxy) is 1. The van der Waals surface area contributed by atoms with Crippen LogP contribution in [0, 0.1) is 0 Å². The number of hydrogen-bond donors (Lipinski definition) is 2. The molecule has 0 radical (unpaired) electrons. The molecule has 0 fully saturated rings. The standard InChI is InChI=1S/C16H27N3O2/c1-5-19(6-2)12-13(3)17-11-16(20)18-14-9-7-8-10-15(14)21-4/h7-10,13,17H,5-6,11-12H2,1-4H3,(H,18,20). The molecule has 1 amide bonds. The minimum atomic E-state index is -0.0640. The van der Waals surface area contributed by atoms with Crippen LogP contribution in [0.15, 0.2) is 24.3 Å². The van der Waals surface area contributed by atoms with Crippen molar-refractivity contribution in [3.05, 3.63) is 24.3 Å². The monoisotopic (exact) mass is 293 g/mol. The molecule has 0 bridgehead atoms. The highest BCUT2D eigenvalue weighted by Gasteiger charge is 2.10. The maximum Gasteiger partial charge on any atom is 0.238 e. The van der Waals surface area contributed by atoms with E-state index in [4.69, 9.17) is 4.74 Å². The molecule has 21 heavy (non-hydrogen) atoms. The van der Waals surface area contributed by atoms with Gasteiger partial charge in [-0.3, -0.25) is 4.79 Å². The van der Waals surface area contributed by atoms with Gasteiger partial charge in [-0.15, -0.1) is 0 Å². The zero-order valence-corrected chi connectivity index (χ0v) is 13.5. The molecule has 0 saturated carbocycles. The molecule has 1 unspecified atom stereocenters. The lowest BCUT2D eigenvalue weighted by Gasteiger charge is -2.23. The van der Waals surface area contributed by atoms with E-state index >= 15 is 0 Å². The molecular formula is C16H27N3O2. The van der Waals surface area contributed by atoms with Crippen molar-refractivity contribution >= 4 is 11.6 Å². The first kappa shape index (κ1) is 17.5. The van der Waals surface area contributed by atoms with Crippen LogP contribution in [0.5, 0.6) is 5.75 Å². The third-order valence-corrected chi connectivity index (χ3v) is 3.42. The largest absolute Gasteiger partial charge is 0.495 e. The van der Waals surface area contributed by atoms with E-state index in [1.165, 1.54) is 0 Å². The zero-order chi connectivity index (χ0) is 15.7. The fourth-order valence-electron chi connectivity index (χ4n) is 2.14. The average Bonchev–Trinajstić information content (AvgIpc) is 2.51. The van der Waals surface area contributed by atoms with Gasteiger partial charge in [0, 0.05) is 12.6 Å². The first-order valence-electron chi connectivity index (χ1n) is 7.49. The van der Waals surface area contributed by atoms with Crippen molar-refractivity contribution in [3.8, 4) is 5.75 Å². The first-order valence-corrected chi connectivity index (χ1v) is 7.49. The van der Waals surface area contributed by atoms with E-state index in [0.29, 0.717) is 18.0 Å². The molecule has 2 N–H and O–H groups in total. The third-order valence-electron chi connectivity index (χ3n) is 3.42. The Hall–Kier alpha value is -1.59. The molecule has 5 heteroatoms. The normalized spacial score (nSPS) is 12.2. The maximum atomic E-state index is 12.0. The summed E-state index contributed by atoms with van der Waals surface area (Å²) in [6.07, 6.45) is 0. The second kappa shape index (κ2) is 9.37. The van der Waals surface area contributed by atoms with Crippen LogP contribution in [0.3, 0.4) is 0 Å². The molecule has 0 aliphatic carbocycles. The number of methoxy groups -OCH3 is 1. The first-order chi connectivity index (χ1) is 10.1. The Morgan fingerprint density at radius 3 is 2.57 bits per heavy atom. The van der Waals surface area contributed by atoms with Gasteiger partial charge in [0.05, 0.1) is 19.3 Å². The fraction of sp³-hybridized carbons (Fsp3) is 0.562. The topological polar surface area (TPSA) is 53.6 Å². The summed E-state index contributed by atoms with van der Waals surface area (Å²) in [6, 6.07) is 7.67. The van der Waals surface area contributed by atoms with Crippen molar-refractivity contribution < 1.29 is 9.53 Å². The predicted octanol–water partition coefficient (Wildman–Crippen LogP) is 1.95. The summed E-state index contributed by atoms with van der Waals surface area (Å²) in [6.45, 7) is 9.66. The van der Waals surface area contributed by atoms with Gasteiger partial charge in [-0.1, -0.05) is 26.0 Å². The third kappa shape index (κ3) is 6.14.